The molecule has 1 aromatic carbocycles. The van der Waals surface area contributed by atoms with Crippen LogP contribution in [0.1, 0.15) is 41.5 Å². The number of hydrogen-bond acceptors (Lipinski definition) is 6. The summed E-state index contributed by atoms with van der Waals surface area (Å²) in [5.41, 5.74) is 0.965. The lowest BCUT2D eigenvalue weighted by Gasteiger charge is -2.20. The molecule has 1 atom stereocenters. The molecule has 1 aliphatic rings. The summed E-state index contributed by atoms with van der Waals surface area (Å²) >= 11 is 0. The van der Waals surface area contributed by atoms with Crippen molar-refractivity contribution in [2.24, 2.45) is 0 Å². The highest BCUT2D eigenvalue weighted by atomic mass is 19.1. The van der Waals surface area contributed by atoms with Gasteiger partial charge in [-0.2, -0.15) is 0 Å². The van der Waals surface area contributed by atoms with Crippen molar-refractivity contribution in [3.63, 3.8) is 0 Å². The van der Waals surface area contributed by atoms with Crippen LogP contribution in [-0.4, -0.2) is 32.5 Å². The topological polar surface area (TPSA) is 99.0 Å². The first-order valence-corrected chi connectivity index (χ1v) is 9.59. The third kappa shape index (κ3) is 3.91. The highest BCUT2D eigenvalue weighted by Gasteiger charge is 2.25. The smallest absolute Gasteiger partial charge is 0.255 e. The molecule has 3 aromatic rings. The number of halogens is 1. The number of amides is 1. The SMILES string of the molecule is COc1cc(F)ccc1C(=O)NC1CCCCn2c1nc(-c1ccncn1)cc2=O. The third-order valence-electron chi connectivity index (χ3n) is 5.03. The van der Waals surface area contributed by atoms with E-state index in [0.717, 1.165) is 18.9 Å². The van der Waals surface area contributed by atoms with Gasteiger partial charge in [0.1, 0.15) is 23.7 Å². The molecule has 1 N–H and O–H groups in total. The van der Waals surface area contributed by atoms with Gasteiger partial charge in [0, 0.05) is 24.9 Å². The van der Waals surface area contributed by atoms with Gasteiger partial charge in [0.15, 0.2) is 0 Å². The molecule has 0 bridgehead atoms. The largest absolute Gasteiger partial charge is 0.496 e. The third-order valence-corrected chi connectivity index (χ3v) is 5.03. The van der Waals surface area contributed by atoms with Crippen LogP contribution in [0.2, 0.25) is 0 Å². The first-order valence-electron chi connectivity index (χ1n) is 9.59. The van der Waals surface area contributed by atoms with E-state index in [1.165, 1.54) is 31.6 Å². The van der Waals surface area contributed by atoms with Crippen LogP contribution in [0.15, 0.2) is 47.7 Å². The van der Waals surface area contributed by atoms with Crippen molar-refractivity contribution in [3.05, 3.63) is 70.4 Å². The first-order chi connectivity index (χ1) is 14.6. The van der Waals surface area contributed by atoms with E-state index in [9.17, 15) is 14.0 Å². The summed E-state index contributed by atoms with van der Waals surface area (Å²) in [6.45, 7) is 0.525. The Hall–Kier alpha value is -3.62. The van der Waals surface area contributed by atoms with Crippen LogP contribution >= 0.6 is 0 Å². The van der Waals surface area contributed by atoms with Crippen molar-refractivity contribution in [2.75, 3.05) is 7.11 Å². The van der Waals surface area contributed by atoms with E-state index in [0.29, 0.717) is 30.2 Å². The second-order valence-corrected chi connectivity index (χ2v) is 6.95. The number of ether oxygens (including phenoxy) is 1. The maximum atomic E-state index is 13.5. The van der Waals surface area contributed by atoms with Crippen molar-refractivity contribution in [2.45, 2.75) is 31.8 Å². The van der Waals surface area contributed by atoms with Gasteiger partial charge in [0.05, 0.1) is 30.1 Å². The van der Waals surface area contributed by atoms with E-state index in [1.807, 2.05) is 0 Å². The van der Waals surface area contributed by atoms with E-state index in [4.69, 9.17) is 4.74 Å². The van der Waals surface area contributed by atoms with E-state index in [1.54, 1.807) is 16.8 Å². The zero-order valence-electron chi connectivity index (χ0n) is 16.3. The second kappa shape index (κ2) is 8.40. The fraction of sp³-hybridized carbons (Fsp3) is 0.286. The van der Waals surface area contributed by atoms with E-state index in [2.05, 4.69) is 20.3 Å². The zero-order chi connectivity index (χ0) is 21.1. The minimum absolute atomic E-state index is 0.140. The molecule has 0 spiro atoms. The molecule has 3 heterocycles. The zero-order valence-corrected chi connectivity index (χ0v) is 16.3. The van der Waals surface area contributed by atoms with Crippen LogP contribution in [0.5, 0.6) is 5.75 Å². The molecule has 0 radical (unpaired) electrons. The molecule has 9 heteroatoms. The molecule has 30 heavy (non-hydrogen) atoms. The van der Waals surface area contributed by atoms with Gasteiger partial charge >= 0.3 is 0 Å². The number of carbonyl (C=O) groups excluding carboxylic acids is 1. The summed E-state index contributed by atoms with van der Waals surface area (Å²) in [5, 5.41) is 2.94. The standard InChI is InChI=1S/C21H20FN5O3/c1-30-18-10-13(22)5-6-14(18)21(29)26-16-4-2-3-9-27-19(28)11-17(25-20(16)27)15-7-8-23-12-24-15/h5-8,10-12,16H,2-4,9H2,1H3,(H,26,29). The summed E-state index contributed by atoms with van der Waals surface area (Å²) in [6.07, 6.45) is 5.20. The Morgan fingerprint density at radius 1 is 1.23 bits per heavy atom. The molecule has 8 nitrogen and oxygen atoms in total. The van der Waals surface area contributed by atoms with Crippen LogP contribution in [0.25, 0.3) is 11.4 Å². The Labute approximate surface area is 171 Å². The number of benzene rings is 1. The number of rotatable bonds is 4. The normalized spacial score (nSPS) is 15.7. The van der Waals surface area contributed by atoms with Crippen LogP contribution in [0.3, 0.4) is 0 Å². The molecule has 1 aliphatic heterocycles. The van der Waals surface area contributed by atoms with E-state index in [-0.39, 0.29) is 16.9 Å². The van der Waals surface area contributed by atoms with Gasteiger partial charge in [-0.15, -0.1) is 0 Å². The summed E-state index contributed by atoms with van der Waals surface area (Å²) in [6, 6.07) is 6.37. The lowest BCUT2D eigenvalue weighted by atomic mass is 10.1. The Bertz CT molecular complexity index is 1130. The molecule has 2 aromatic heterocycles. The van der Waals surface area contributed by atoms with Gasteiger partial charge in [-0.1, -0.05) is 0 Å². The molecular formula is C21H20FN5O3. The fourth-order valence-corrected chi connectivity index (χ4v) is 3.56. The highest BCUT2D eigenvalue weighted by Crippen LogP contribution is 2.26. The molecule has 0 saturated heterocycles. The molecule has 1 unspecified atom stereocenters. The van der Waals surface area contributed by atoms with Crippen LogP contribution in [0.4, 0.5) is 4.39 Å². The number of hydrogen-bond donors (Lipinski definition) is 1. The van der Waals surface area contributed by atoms with Crippen LogP contribution < -0.4 is 15.6 Å². The fourth-order valence-electron chi connectivity index (χ4n) is 3.56. The average molecular weight is 409 g/mol. The van der Waals surface area contributed by atoms with Crippen LogP contribution in [-0.2, 0) is 6.54 Å². The molecule has 154 valence electrons. The Kier molecular flexibility index (Phi) is 5.51. The Balaban J connectivity index is 1.71. The molecule has 4 rings (SSSR count). The maximum absolute atomic E-state index is 13.5. The van der Waals surface area contributed by atoms with Gasteiger partial charge in [0.25, 0.3) is 11.5 Å². The molecule has 1 amide bonds. The van der Waals surface area contributed by atoms with Gasteiger partial charge < -0.3 is 10.1 Å². The Morgan fingerprint density at radius 3 is 2.87 bits per heavy atom. The second-order valence-electron chi connectivity index (χ2n) is 6.95. The summed E-state index contributed by atoms with van der Waals surface area (Å²) in [7, 11) is 1.38. The van der Waals surface area contributed by atoms with Crippen molar-refractivity contribution in [3.8, 4) is 17.1 Å². The Morgan fingerprint density at radius 2 is 2.10 bits per heavy atom. The summed E-state index contributed by atoms with van der Waals surface area (Å²) in [5.74, 6) is -0.304. The average Bonchev–Trinajstić information content (AvgIpc) is 2.96. The maximum Gasteiger partial charge on any atom is 0.255 e. The van der Waals surface area contributed by atoms with Gasteiger partial charge in [-0.05, 0) is 37.5 Å². The van der Waals surface area contributed by atoms with Gasteiger partial charge in [0.2, 0.25) is 0 Å². The number of aromatic nitrogens is 4. The quantitative estimate of drug-likeness (QED) is 0.711. The van der Waals surface area contributed by atoms with Gasteiger partial charge in [-0.25, -0.2) is 19.3 Å². The highest BCUT2D eigenvalue weighted by molar-refractivity contribution is 5.97. The molecule has 0 saturated carbocycles. The number of nitrogens with one attached hydrogen (secondary N) is 1. The summed E-state index contributed by atoms with van der Waals surface area (Å²) in [4.78, 5) is 38.4. The number of fused-ring (bicyclic) bond motifs is 1. The van der Waals surface area contributed by atoms with Crippen molar-refractivity contribution in [1.82, 2.24) is 24.8 Å². The molecule has 0 aliphatic carbocycles. The molecular weight excluding hydrogens is 389 g/mol. The van der Waals surface area contributed by atoms with Crippen molar-refractivity contribution >= 4 is 5.91 Å². The predicted octanol–water partition coefficient (Wildman–Crippen LogP) is 2.50. The number of methoxy groups -OCH3 is 1. The van der Waals surface area contributed by atoms with Crippen molar-refractivity contribution in [1.29, 1.82) is 0 Å². The van der Waals surface area contributed by atoms with Gasteiger partial charge in [-0.3, -0.25) is 14.2 Å². The van der Waals surface area contributed by atoms with Crippen molar-refractivity contribution < 1.29 is 13.9 Å². The van der Waals surface area contributed by atoms with E-state index < -0.39 is 17.8 Å². The monoisotopic (exact) mass is 409 g/mol. The lowest BCUT2D eigenvalue weighted by Crippen LogP contribution is -2.34. The minimum atomic E-state index is -0.495. The van der Waals surface area contributed by atoms with Crippen LogP contribution in [0, 0.1) is 5.82 Å². The number of nitrogens with zero attached hydrogens (tertiary/aromatic N) is 4. The summed E-state index contributed by atoms with van der Waals surface area (Å²) < 4.78 is 20.2. The first kappa shape index (κ1) is 19.7. The minimum Gasteiger partial charge on any atom is -0.496 e. The lowest BCUT2D eigenvalue weighted by molar-refractivity contribution is 0.0929. The number of carbonyl (C=O) groups is 1. The van der Waals surface area contributed by atoms with E-state index >= 15 is 0 Å². The molecule has 0 fully saturated rings. The predicted molar refractivity (Wildman–Crippen MR) is 107 cm³/mol.